The first kappa shape index (κ1) is 12.8. The van der Waals surface area contributed by atoms with Crippen molar-refractivity contribution in [2.24, 2.45) is 0 Å². The molecule has 18 heavy (non-hydrogen) atoms. The fourth-order valence-corrected chi connectivity index (χ4v) is 2.52. The fraction of sp³-hybridized carbons (Fsp3) is 0.615. The first-order chi connectivity index (χ1) is 8.66. The zero-order valence-corrected chi connectivity index (χ0v) is 10.7. The SMILES string of the molecule is C=CC(=O)NC1(c2noc(C)n2)CCCCCC1. The molecule has 0 unspecified atom stereocenters. The van der Waals surface area contributed by atoms with E-state index in [9.17, 15) is 4.79 Å². The van der Waals surface area contributed by atoms with Crippen LogP contribution in [0.15, 0.2) is 17.2 Å². The Morgan fingerprint density at radius 3 is 2.56 bits per heavy atom. The van der Waals surface area contributed by atoms with Gasteiger partial charge in [-0.3, -0.25) is 4.79 Å². The van der Waals surface area contributed by atoms with Gasteiger partial charge in [0.25, 0.3) is 0 Å². The van der Waals surface area contributed by atoms with Crippen molar-refractivity contribution in [3.8, 4) is 0 Å². The summed E-state index contributed by atoms with van der Waals surface area (Å²) in [6.45, 7) is 5.26. The van der Waals surface area contributed by atoms with Gasteiger partial charge in [0.15, 0.2) is 5.82 Å². The van der Waals surface area contributed by atoms with Crippen molar-refractivity contribution in [2.75, 3.05) is 0 Å². The summed E-state index contributed by atoms with van der Waals surface area (Å²) in [5, 5.41) is 7.02. The molecule has 0 spiro atoms. The van der Waals surface area contributed by atoms with Crippen molar-refractivity contribution < 1.29 is 9.32 Å². The molecule has 98 valence electrons. The molecule has 0 aromatic carbocycles. The van der Waals surface area contributed by atoms with Crippen LogP contribution < -0.4 is 5.32 Å². The summed E-state index contributed by atoms with van der Waals surface area (Å²) in [4.78, 5) is 16.0. The molecule has 5 heteroatoms. The van der Waals surface area contributed by atoms with Crippen LogP contribution in [0.4, 0.5) is 0 Å². The van der Waals surface area contributed by atoms with Crippen LogP contribution in [0.25, 0.3) is 0 Å². The number of carbonyl (C=O) groups is 1. The molecule has 1 N–H and O–H groups in total. The predicted molar refractivity (Wildman–Crippen MR) is 66.8 cm³/mol. The van der Waals surface area contributed by atoms with Crippen LogP contribution in [0.2, 0.25) is 0 Å². The zero-order valence-electron chi connectivity index (χ0n) is 10.7. The predicted octanol–water partition coefficient (Wildman–Crippen LogP) is 2.23. The van der Waals surface area contributed by atoms with Crippen LogP contribution in [0.3, 0.4) is 0 Å². The number of carbonyl (C=O) groups excluding carboxylic acids is 1. The quantitative estimate of drug-likeness (QED) is 0.659. The largest absolute Gasteiger partial charge is 0.340 e. The van der Waals surface area contributed by atoms with Gasteiger partial charge >= 0.3 is 0 Å². The average molecular weight is 249 g/mol. The first-order valence-corrected chi connectivity index (χ1v) is 6.42. The second-order valence-electron chi connectivity index (χ2n) is 4.83. The molecule has 1 fully saturated rings. The Balaban J connectivity index is 2.31. The van der Waals surface area contributed by atoms with Crippen LogP contribution >= 0.6 is 0 Å². The minimum Gasteiger partial charge on any atom is -0.340 e. The first-order valence-electron chi connectivity index (χ1n) is 6.42. The van der Waals surface area contributed by atoms with E-state index in [0.29, 0.717) is 11.7 Å². The lowest BCUT2D eigenvalue weighted by Gasteiger charge is -2.30. The van der Waals surface area contributed by atoms with Gasteiger partial charge in [0.05, 0.1) is 0 Å². The lowest BCUT2D eigenvalue weighted by Crippen LogP contribution is -2.45. The highest BCUT2D eigenvalue weighted by molar-refractivity contribution is 5.87. The zero-order chi connectivity index (χ0) is 13.0. The van der Waals surface area contributed by atoms with E-state index in [1.807, 2.05) is 0 Å². The van der Waals surface area contributed by atoms with Gasteiger partial charge < -0.3 is 9.84 Å². The summed E-state index contributed by atoms with van der Waals surface area (Å²) in [7, 11) is 0. The molecule has 1 amide bonds. The topological polar surface area (TPSA) is 68.0 Å². The number of aromatic nitrogens is 2. The number of nitrogens with zero attached hydrogens (tertiary/aromatic N) is 2. The van der Waals surface area contributed by atoms with Gasteiger partial charge in [-0.05, 0) is 18.9 Å². The molecule has 1 aliphatic carbocycles. The molecular weight excluding hydrogens is 230 g/mol. The van der Waals surface area contributed by atoms with E-state index in [0.717, 1.165) is 25.7 Å². The number of rotatable bonds is 3. The van der Waals surface area contributed by atoms with Crippen molar-refractivity contribution in [3.63, 3.8) is 0 Å². The Morgan fingerprint density at radius 2 is 2.06 bits per heavy atom. The molecule has 1 aromatic heterocycles. The van der Waals surface area contributed by atoms with E-state index in [-0.39, 0.29) is 5.91 Å². The Labute approximate surface area is 107 Å². The summed E-state index contributed by atoms with van der Waals surface area (Å²) in [5.74, 6) is 0.943. The van der Waals surface area contributed by atoms with Crippen LogP contribution in [0, 0.1) is 6.92 Å². The van der Waals surface area contributed by atoms with Gasteiger partial charge in [-0.25, -0.2) is 0 Å². The van der Waals surface area contributed by atoms with E-state index in [1.165, 1.54) is 18.9 Å². The molecule has 0 radical (unpaired) electrons. The van der Waals surface area contributed by atoms with E-state index >= 15 is 0 Å². The summed E-state index contributed by atoms with van der Waals surface area (Å²) < 4.78 is 5.06. The summed E-state index contributed by atoms with van der Waals surface area (Å²) in [6, 6.07) is 0. The van der Waals surface area contributed by atoms with Gasteiger partial charge in [-0.2, -0.15) is 4.98 Å². The molecule has 1 saturated carbocycles. The normalized spacial score (nSPS) is 18.9. The lowest BCUT2D eigenvalue weighted by molar-refractivity contribution is -0.118. The van der Waals surface area contributed by atoms with Gasteiger partial charge in [0.2, 0.25) is 11.8 Å². The average Bonchev–Trinajstić information content (AvgIpc) is 2.67. The standard InChI is InChI=1S/C13H19N3O2/c1-3-11(17)15-13(8-6-4-5-7-9-13)12-14-10(2)18-16-12/h3H,1,4-9H2,2H3,(H,15,17). The number of amides is 1. The molecule has 5 nitrogen and oxygen atoms in total. The summed E-state index contributed by atoms with van der Waals surface area (Å²) >= 11 is 0. The van der Waals surface area contributed by atoms with E-state index in [2.05, 4.69) is 22.0 Å². The minimum absolute atomic E-state index is 0.181. The molecule has 0 atom stereocenters. The van der Waals surface area contributed by atoms with Gasteiger partial charge in [-0.1, -0.05) is 37.4 Å². The maximum atomic E-state index is 11.7. The Morgan fingerprint density at radius 1 is 1.39 bits per heavy atom. The maximum absolute atomic E-state index is 11.7. The Hall–Kier alpha value is -1.65. The van der Waals surface area contributed by atoms with Crippen LogP contribution in [0.5, 0.6) is 0 Å². The minimum atomic E-state index is -0.487. The molecule has 2 rings (SSSR count). The van der Waals surface area contributed by atoms with Crippen LogP contribution in [-0.2, 0) is 10.3 Å². The number of nitrogens with one attached hydrogen (secondary N) is 1. The molecule has 0 bridgehead atoms. The van der Waals surface area contributed by atoms with Gasteiger partial charge in [0.1, 0.15) is 5.54 Å². The second kappa shape index (κ2) is 5.33. The van der Waals surface area contributed by atoms with Crippen molar-refractivity contribution in [1.82, 2.24) is 15.5 Å². The summed E-state index contributed by atoms with van der Waals surface area (Å²) in [6.07, 6.45) is 7.48. The highest BCUT2D eigenvalue weighted by Crippen LogP contribution is 2.34. The fourth-order valence-electron chi connectivity index (χ4n) is 2.52. The molecule has 1 aliphatic rings. The number of hydrogen-bond donors (Lipinski definition) is 1. The van der Waals surface area contributed by atoms with Crippen molar-refractivity contribution in [3.05, 3.63) is 24.4 Å². The summed E-state index contributed by atoms with van der Waals surface area (Å²) in [5.41, 5.74) is -0.487. The third-order valence-corrected chi connectivity index (χ3v) is 3.46. The smallest absolute Gasteiger partial charge is 0.244 e. The Kier molecular flexibility index (Phi) is 3.79. The lowest BCUT2D eigenvalue weighted by atomic mass is 9.89. The van der Waals surface area contributed by atoms with E-state index < -0.39 is 5.54 Å². The van der Waals surface area contributed by atoms with Crippen molar-refractivity contribution in [2.45, 2.75) is 51.0 Å². The van der Waals surface area contributed by atoms with Crippen LogP contribution in [0.1, 0.15) is 50.2 Å². The monoisotopic (exact) mass is 249 g/mol. The molecule has 1 heterocycles. The van der Waals surface area contributed by atoms with Gasteiger partial charge in [0, 0.05) is 6.92 Å². The number of aryl methyl sites for hydroxylation is 1. The van der Waals surface area contributed by atoms with Gasteiger partial charge in [-0.15, -0.1) is 0 Å². The van der Waals surface area contributed by atoms with Crippen molar-refractivity contribution in [1.29, 1.82) is 0 Å². The second-order valence-corrected chi connectivity index (χ2v) is 4.83. The Bertz CT molecular complexity index is 431. The highest BCUT2D eigenvalue weighted by Gasteiger charge is 2.38. The molecule has 0 saturated heterocycles. The molecule has 0 aliphatic heterocycles. The highest BCUT2D eigenvalue weighted by atomic mass is 16.5. The molecular formula is C13H19N3O2. The maximum Gasteiger partial charge on any atom is 0.244 e. The molecule has 1 aromatic rings. The third-order valence-electron chi connectivity index (χ3n) is 3.46. The van der Waals surface area contributed by atoms with Crippen LogP contribution in [-0.4, -0.2) is 16.0 Å². The van der Waals surface area contributed by atoms with E-state index in [4.69, 9.17) is 4.52 Å². The van der Waals surface area contributed by atoms with Crippen molar-refractivity contribution >= 4 is 5.91 Å². The number of hydrogen-bond acceptors (Lipinski definition) is 4. The van der Waals surface area contributed by atoms with E-state index in [1.54, 1.807) is 6.92 Å². The third kappa shape index (κ3) is 2.60.